The predicted molar refractivity (Wildman–Crippen MR) is 79.0 cm³/mol. The first-order valence-corrected chi connectivity index (χ1v) is 8.05. The van der Waals surface area contributed by atoms with Gasteiger partial charge in [-0.2, -0.15) is 0 Å². The Kier molecular flexibility index (Phi) is 5.48. The molecule has 4 N–H and O–H groups in total. The second-order valence-electron chi connectivity index (χ2n) is 5.65. The third-order valence-corrected chi connectivity index (χ3v) is 4.08. The maximum Gasteiger partial charge on any atom is 0.259 e. The van der Waals surface area contributed by atoms with E-state index in [-0.39, 0.29) is 23.9 Å². The molecule has 0 saturated heterocycles. The van der Waals surface area contributed by atoms with Crippen LogP contribution in [0, 0.1) is 6.92 Å². The van der Waals surface area contributed by atoms with Gasteiger partial charge in [0.25, 0.3) is 10.0 Å². The Morgan fingerprint density at radius 3 is 2.57 bits per heavy atom. The number of aromatic nitrogens is 2. The van der Waals surface area contributed by atoms with Crippen LogP contribution in [-0.4, -0.2) is 42.5 Å². The van der Waals surface area contributed by atoms with Gasteiger partial charge in [0, 0.05) is 38.3 Å². The van der Waals surface area contributed by atoms with Crippen LogP contribution in [0.25, 0.3) is 0 Å². The quantitative estimate of drug-likeness (QED) is 0.611. The van der Waals surface area contributed by atoms with E-state index in [0.29, 0.717) is 12.4 Å². The van der Waals surface area contributed by atoms with Gasteiger partial charge < -0.3 is 15.6 Å². The van der Waals surface area contributed by atoms with Crippen molar-refractivity contribution in [3.05, 3.63) is 12.0 Å². The summed E-state index contributed by atoms with van der Waals surface area (Å²) < 4.78 is 27.9. The van der Waals surface area contributed by atoms with Gasteiger partial charge in [0.05, 0.1) is 0 Å². The van der Waals surface area contributed by atoms with Crippen molar-refractivity contribution in [1.29, 1.82) is 0 Å². The van der Waals surface area contributed by atoms with Gasteiger partial charge in [0.2, 0.25) is 5.91 Å². The van der Waals surface area contributed by atoms with Crippen LogP contribution in [0.4, 0.5) is 0 Å². The lowest BCUT2D eigenvalue weighted by atomic mass is 10.1. The fourth-order valence-electron chi connectivity index (χ4n) is 1.44. The second-order valence-corrected chi connectivity index (χ2v) is 7.36. The van der Waals surface area contributed by atoms with Crippen molar-refractivity contribution < 1.29 is 13.2 Å². The molecule has 9 heteroatoms. The molecule has 0 aliphatic heterocycles. The van der Waals surface area contributed by atoms with Crippen LogP contribution in [-0.2, 0) is 21.9 Å². The van der Waals surface area contributed by atoms with E-state index < -0.39 is 15.6 Å². The SMILES string of the molecule is Cc1nc(S(=O)(=O)NCCC(=O)NCC(C)(C)N)cn1C. The van der Waals surface area contributed by atoms with Gasteiger partial charge in [-0.15, -0.1) is 0 Å². The molecular formula is C12H23N5O3S. The molecule has 0 radical (unpaired) electrons. The molecule has 1 aromatic heterocycles. The number of amides is 1. The number of imidazole rings is 1. The normalized spacial score (nSPS) is 12.4. The van der Waals surface area contributed by atoms with E-state index in [0.717, 1.165) is 0 Å². The smallest absolute Gasteiger partial charge is 0.259 e. The topological polar surface area (TPSA) is 119 Å². The van der Waals surface area contributed by atoms with Crippen LogP contribution >= 0.6 is 0 Å². The molecule has 120 valence electrons. The Bertz CT molecular complexity index is 581. The molecule has 0 fully saturated rings. The van der Waals surface area contributed by atoms with E-state index in [1.54, 1.807) is 32.4 Å². The summed E-state index contributed by atoms with van der Waals surface area (Å²) in [4.78, 5) is 15.5. The largest absolute Gasteiger partial charge is 0.354 e. The number of carbonyl (C=O) groups excluding carboxylic acids is 1. The van der Waals surface area contributed by atoms with E-state index in [1.165, 1.54) is 6.20 Å². The fourth-order valence-corrected chi connectivity index (χ4v) is 2.51. The van der Waals surface area contributed by atoms with Crippen molar-refractivity contribution in [2.24, 2.45) is 12.8 Å². The van der Waals surface area contributed by atoms with Crippen LogP contribution in [0.3, 0.4) is 0 Å². The Morgan fingerprint density at radius 1 is 1.48 bits per heavy atom. The van der Waals surface area contributed by atoms with Crippen molar-refractivity contribution in [3.63, 3.8) is 0 Å². The average molecular weight is 317 g/mol. The average Bonchev–Trinajstić information content (AvgIpc) is 2.67. The van der Waals surface area contributed by atoms with Gasteiger partial charge in [-0.1, -0.05) is 0 Å². The Balaban J connectivity index is 2.46. The van der Waals surface area contributed by atoms with Crippen molar-refractivity contribution >= 4 is 15.9 Å². The van der Waals surface area contributed by atoms with E-state index in [9.17, 15) is 13.2 Å². The van der Waals surface area contributed by atoms with Crippen LogP contribution in [0.2, 0.25) is 0 Å². The van der Waals surface area contributed by atoms with E-state index in [4.69, 9.17) is 5.73 Å². The summed E-state index contributed by atoms with van der Waals surface area (Å²) in [7, 11) is -1.98. The monoisotopic (exact) mass is 317 g/mol. The highest BCUT2D eigenvalue weighted by Crippen LogP contribution is 2.07. The van der Waals surface area contributed by atoms with Crippen molar-refractivity contribution in [2.45, 2.75) is 37.8 Å². The van der Waals surface area contributed by atoms with Gasteiger partial charge in [-0.05, 0) is 20.8 Å². The van der Waals surface area contributed by atoms with E-state index in [1.807, 2.05) is 0 Å². The van der Waals surface area contributed by atoms with E-state index in [2.05, 4.69) is 15.0 Å². The summed E-state index contributed by atoms with van der Waals surface area (Å²) in [6.07, 6.45) is 1.47. The molecule has 0 aliphatic carbocycles. The number of sulfonamides is 1. The first-order valence-electron chi connectivity index (χ1n) is 6.56. The molecule has 1 rings (SSSR count). The molecule has 0 aromatic carbocycles. The highest BCUT2D eigenvalue weighted by molar-refractivity contribution is 7.89. The minimum absolute atomic E-state index is 0.00872. The summed E-state index contributed by atoms with van der Waals surface area (Å²) in [5.41, 5.74) is 5.24. The van der Waals surface area contributed by atoms with Crippen LogP contribution in [0.1, 0.15) is 26.1 Å². The Morgan fingerprint density at radius 2 is 2.10 bits per heavy atom. The molecular weight excluding hydrogens is 294 g/mol. The lowest BCUT2D eigenvalue weighted by Crippen LogP contribution is -2.45. The van der Waals surface area contributed by atoms with Gasteiger partial charge in [-0.25, -0.2) is 18.1 Å². The van der Waals surface area contributed by atoms with E-state index >= 15 is 0 Å². The van der Waals surface area contributed by atoms with Crippen molar-refractivity contribution in [1.82, 2.24) is 19.6 Å². The number of rotatable bonds is 7. The molecule has 0 unspecified atom stereocenters. The zero-order valence-electron chi connectivity index (χ0n) is 12.8. The predicted octanol–water partition coefficient (Wildman–Crippen LogP) is -0.750. The molecule has 1 amide bonds. The molecule has 0 spiro atoms. The number of nitrogens with one attached hydrogen (secondary N) is 2. The lowest BCUT2D eigenvalue weighted by Gasteiger charge is -2.18. The maximum atomic E-state index is 12.0. The summed E-state index contributed by atoms with van der Waals surface area (Å²) in [6, 6.07) is 0. The van der Waals surface area contributed by atoms with Crippen LogP contribution in [0.5, 0.6) is 0 Å². The first kappa shape index (κ1) is 17.6. The minimum Gasteiger partial charge on any atom is -0.354 e. The highest BCUT2D eigenvalue weighted by atomic mass is 32.2. The summed E-state index contributed by atoms with van der Waals surface area (Å²) >= 11 is 0. The lowest BCUT2D eigenvalue weighted by molar-refractivity contribution is -0.121. The number of aryl methyl sites for hydroxylation is 2. The minimum atomic E-state index is -3.69. The highest BCUT2D eigenvalue weighted by Gasteiger charge is 2.18. The second kappa shape index (κ2) is 6.54. The Hall–Kier alpha value is -1.45. The van der Waals surface area contributed by atoms with Crippen molar-refractivity contribution in [2.75, 3.05) is 13.1 Å². The molecule has 0 aliphatic rings. The number of carbonyl (C=O) groups is 1. The molecule has 0 atom stereocenters. The van der Waals surface area contributed by atoms with Crippen LogP contribution in [0.15, 0.2) is 11.2 Å². The van der Waals surface area contributed by atoms with Gasteiger partial charge in [0.1, 0.15) is 5.82 Å². The summed E-state index contributed by atoms with van der Waals surface area (Å²) in [6.45, 7) is 5.63. The van der Waals surface area contributed by atoms with Crippen molar-refractivity contribution in [3.8, 4) is 0 Å². The molecule has 0 bridgehead atoms. The molecule has 21 heavy (non-hydrogen) atoms. The third-order valence-electron chi connectivity index (χ3n) is 2.75. The number of nitrogens with two attached hydrogens (primary N) is 1. The number of hydrogen-bond donors (Lipinski definition) is 3. The first-order chi connectivity index (χ1) is 9.51. The number of nitrogens with zero attached hydrogens (tertiary/aromatic N) is 2. The zero-order chi connectivity index (χ0) is 16.3. The zero-order valence-corrected chi connectivity index (χ0v) is 13.6. The maximum absolute atomic E-state index is 12.0. The van der Waals surface area contributed by atoms with Gasteiger partial charge in [0.15, 0.2) is 5.03 Å². The molecule has 0 saturated carbocycles. The van der Waals surface area contributed by atoms with Gasteiger partial charge in [-0.3, -0.25) is 4.79 Å². The van der Waals surface area contributed by atoms with Crippen LogP contribution < -0.4 is 15.8 Å². The molecule has 1 heterocycles. The molecule has 8 nitrogen and oxygen atoms in total. The molecule has 1 aromatic rings. The Labute approximate surface area is 125 Å². The number of hydrogen-bond acceptors (Lipinski definition) is 5. The standard InChI is InChI=1S/C12H23N5O3S/c1-9-16-11(7-17(9)4)21(19,20)15-6-5-10(18)14-8-12(2,3)13/h7,15H,5-6,8,13H2,1-4H3,(H,14,18). The fraction of sp³-hybridized carbons (Fsp3) is 0.667. The summed E-state index contributed by atoms with van der Waals surface area (Å²) in [5.74, 6) is 0.340. The van der Waals surface area contributed by atoms with Gasteiger partial charge >= 0.3 is 0 Å². The summed E-state index contributed by atoms with van der Waals surface area (Å²) in [5, 5.41) is 2.59. The third kappa shape index (κ3) is 5.82.